The van der Waals surface area contributed by atoms with Crippen LogP contribution in [0.3, 0.4) is 0 Å². The molecular weight excluding hydrogens is 500 g/mol. The first-order chi connectivity index (χ1) is 18.7. The van der Waals surface area contributed by atoms with Crippen LogP contribution in [0.2, 0.25) is 0 Å². The number of carbonyl (C=O) groups is 4. The van der Waals surface area contributed by atoms with Gasteiger partial charge in [-0.2, -0.15) is 0 Å². The van der Waals surface area contributed by atoms with E-state index in [4.69, 9.17) is 10.5 Å². The summed E-state index contributed by atoms with van der Waals surface area (Å²) in [5, 5.41) is 3.65. The number of aromatic amines is 1. The summed E-state index contributed by atoms with van der Waals surface area (Å²) < 4.78 is 5.00. The second kappa shape index (κ2) is 12.0. The molecule has 4 rings (SSSR count). The maximum atomic E-state index is 13.5. The number of H-pyrrole nitrogens is 1. The Labute approximate surface area is 226 Å². The lowest BCUT2D eigenvalue weighted by molar-refractivity contribution is -0.146. The van der Waals surface area contributed by atoms with E-state index in [-0.39, 0.29) is 44.5 Å². The average Bonchev–Trinajstić information content (AvgIpc) is 3.34. The topological polar surface area (TPSA) is 141 Å². The highest BCUT2D eigenvalue weighted by molar-refractivity contribution is 5.97. The highest BCUT2D eigenvalue weighted by atomic mass is 16.5. The van der Waals surface area contributed by atoms with Crippen LogP contribution in [-0.2, 0) is 25.5 Å². The molecule has 0 aliphatic carbocycles. The van der Waals surface area contributed by atoms with E-state index in [1.165, 1.54) is 12.0 Å². The molecule has 206 valence electrons. The summed E-state index contributed by atoms with van der Waals surface area (Å²) in [4.78, 5) is 60.0. The number of para-hydroxylation sites is 1. The number of ether oxygens (including phenoxy) is 1. The van der Waals surface area contributed by atoms with Gasteiger partial charge in [0.15, 0.2) is 0 Å². The van der Waals surface area contributed by atoms with Crippen molar-refractivity contribution in [2.24, 2.45) is 5.73 Å². The third-order valence-corrected chi connectivity index (χ3v) is 6.95. The molecule has 4 N–H and O–H groups in total. The Kier molecular flexibility index (Phi) is 8.50. The highest BCUT2D eigenvalue weighted by Gasteiger charge is 2.38. The second-order valence-electron chi connectivity index (χ2n) is 9.76. The first kappa shape index (κ1) is 27.6. The van der Waals surface area contributed by atoms with Crippen LogP contribution in [0.4, 0.5) is 5.69 Å². The van der Waals surface area contributed by atoms with Gasteiger partial charge in [0.05, 0.1) is 6.54 Å². The van der Waals surface area contributed by atoms with Crippen molar-refractivity contribution in [1.82, 2.24) is 20.1 Å². The molecule has 2 aromatic carbocycles. The number of piperazine rings is 1. The van der Waals surface area contributed by atoms with Crippen molar-refractivity contribution >= 4 is 40.2 Å². The van der Waals surface area contributed by atoms with E-state index in [9.17, 15) is 19.2 Å². The molecular formula is C28H34N6O5. The molecule has 3 aromatic rings. The van der Waals surface area contributed by atoms with Crippen LogP contribution < -0.4 is 16.0 Å². The number of nitrogens with zero attached hydrogens (tertiary/aromatic N) is 3. The van der Waals surface area contributed by atoms with Gasteiger partial charge in [-0.05, 0) is 35.9 Å². The number of hydrogen-bond acceptors (Lipinski definition) is 6. The summed E-state index contributed by atoms with van der Waals surface area (Å²) in [7, 11) is 5.22. The average molecular weight is 535 g/mol. The van der Waals surface area contributed by atoms with Gasteiger partial charge in [-0.3, -0.25) is 19.2 Å². The van der Waals surface area contributed by atoms with E-state index in [0.29, 0.717) is 5.56 Å². The van der Waals surface area contributed by atoms with Crippen molar-refractivity contribution in [2.75, 3.05) is 52.3 Å². The van der Waals surface area contributed by atoms with Gasteiger partial charge in [-0.25, -0.2) is 0 Å². The van der Waals surface area contributed by atoms with E-state index in [0.717, 1.165) is 22.2 Å². The Morgan fingerprint density at radius 2 is 1.82 bits per heavy atom. The summed E-state index contributed by atoms with van der Waals surface area (Å²) >= 11 is 0. The van der Waals surface area contributed by atoms with Gasteiger partial charge in [0.25, 0.3) is 5.91 Å². The quantitative estimate of drug-likeness (QED) is 0.370. The standard InChI is InChI=1S/C28H34N6O5/c1-32(2)20-10-8-18(9-11-20)28(38)33-12-13-34(25(35)17-39-3)24(16-33)27(37)31-23(26(29)36)14-19-15-30-22-7-5-4-6-21(19)22/h4-11,15,23-24,30H,12-14,16-17H2,1-3H3,(H2,29,36)(H,31,37). The van der Waals surface area contributed by atoms with Crippen LogP contribution in [-0.4, -0.2) is 97.9 Å². The van der Waals surface area contributed by atoms with E-state index in [1.807, 2.05) is 55.4 Å². The molecule has 2 heterocycles. The summed E-state index contributed by atoms with van der Waals surface area (Å²) in [6, 6.07) is 12.7. The van der Waals surface area contributed by atoms with Crippen LogP contribution in [0.5, 0.6) is 0 Å². The van der Waals surface area contributed by atoms with Crippen molar-refractivity contribution in [1.29, 1.82) is 0 Å². The Balaban J connectivity index is 1.53. The monoisotopic (exact) mass is 534 g/mol. The third kappa shape index (κ3) is 6.20. The molecule has 1 saturated heterocycles. The lowest BCUT2D eigenvalue weighted by Gasteiger charge is -2.40. The Bertz CT molecular complexity index is 1350. The number of carbonyl (C=O) groups excluding carboxylic acids is 4. The number of nitrogens with one attached hydrogen (secondary N) is 2. The second-order valence-corrected chi connectivity index (χ2v) is 9.76. The lowest BCUT2D eigenvalue weighted by atomic mass is 10.0. The number of fused-ring (bicyclic) bond motifs is 1. The summed E-state index contributed by atoms with van der Waals surface area (Å²) in [5.74, 6) is -1.90. The largest absolute Gasteiger partial charge is 0.378 e. The minimum absolute atomic E-state index is 0.0336. The Morgan fingerprint density at radius 3 is 2.49 bits per heavy atom. The first-order valence-corrected chi connectivity index (χ1v) is 12.7. The highest BCUT2D eigenvalue weighted by Crippen LogP contribution is 2.20. The van der Waals surface area contributed by atoms with Crippen molar-refractivity contribution in [3.05, 3.63) is 65.9 Å². The fraction of sp³-hybridized carbons (Fsp3) is 0.357. The predicted molar refractivity (Wildman–Crippen MR) is 147 cm³/mol. The van der Waals surface area contributed by atoms with Gasteiger partial charge in [-0.15, -0.1) is 0 Å². The number of nitrogens with two attached hydrogens (primary N) is 1. The van der Waals surface area contributed by atoms with Gasteiger partial charge < -0.3 is 35.5 Å². The Hall–Kier alpha value is -4.38. The molecule has 0 bridgehead atoms. The van der Waals surface area contributed by atoms with E-state index in [1.54, 1.807) is 23.2 Å². The molecule has 2 atom stereocenters. The zero-order chi connectivity index (χ0) is 28.1. The molecule has 4 amide bonds. The van der Waals surface area contributed by atoms with E-state index >= 15 is 0 Å². The van der Waals surface area contributed by atoms with Crippen LogP contribution in [0.25, 0.3) is 10.9 Å². The number of methoxy groups -OCH3 is 1. The van der Waals surface area contributed by atoms with Crippen LogP contribution in [0, 0.1) is 0 Å². The maximum Gasteiger partial charge on any atom is 0.254 e. The smallest absolute Gasteiger partial charge is 0.254 e. The predicted octanol–water partition coefficient (Wildman–Crippen LogP) is 0.746. The molecule has 11 nitrogen and oxygen atoms in total. The van der Waals surface area contributed by atoms with Gasteiger partial charge in [0.2, 0.25) is 17.7 Å². The number of primary amides is 1. The maximum absolute atomic E-state index is 13.5. The SMILES string of the molecule is COCC(=O)N1CCN(C(=O)c2ccc(N(C)C)cc2)CC1C(=O)NC(Cc1c[nH]c2ccccc12)C(N)=O. The molecule has 0 saturated carbocycles. The minimum Gasteiger partial charge on any atom is -0.378 e. The molecule has 1 aliphatic heterocycles. The molecule has 1 fully saturated rings. The van der Waals surface area contributed by atoms with Crippen LogP contribution in [0.15, 0.2) is 54.7 Å². The van der Waals surface area contributed by atoms with Gasteiger partial charge in [0.1, 0.15) is 18.7 Å². The summed E-state index contributed by atoms with van der Waals surface area (Å²) in [6.45, 7) is 0.153. The molecule has 2 unspecified atom stereocenters. The summed E-state index contributed by atoms with van der Waals surface area (Å²) in [5.41, 5.74) is 8.82. The lowest BCUT2D eigenvalue weighted by Crippen LogP contribution is -2.63. The van der Waals surface area contributed by atoms with Crippen LogP contribution in [0.1, 0.15) is 15.9 Å². The molecule has 0 spiro atoms. The fourth-order valence-corrected chi connectivity index (χ4v) is 4.79. The minimum atomic E-state index is -1.02. The van der Waals surface area contributed by atoms with Crippen molar-refractivity contribution < 1.29 is 23.9 Å². The normalized spacial score (nSPS) is 16.1. The van der Waals surface area contributed by atoms with Crippen molar-refractivity contribution in [3.63, 3.8) is 0 Å². The summed E-state index contributed by atoms with van der Waals surface area (Å²) in [6.07, 6.45) is 1.95. The van der Waals surface area contributed by atoms with E-state index < -0.39 is 23.9 Å². The molecule has 39 heavy (non-hydrogen) atoms. The number of anilines is 1. The molecule has 11 heteroatoms. The number of benzene rings is 2. The van der Waals surface area contributed by atoms with Crippen molar-refractivity contribution in [2.45, 2.75) is 18.5 Å². The Morgan fingerprint density at radius 1 is 1.10 bits per heavy atom. The number of aromatic nitrogens is 1. The van der Waals surface area contributed by atoms with E-state index in [2.05, 4.69) is 10.3 Å². The first-order valence-electron chi connectivity index (χ1n) is 12.7. The molecule has 1 aromatic heterocycles. The number of hydrogen-bond donors (Lipinski definition) is 3. The van der Waals surface area contributed by atoms with Gasteiger partial charge >= 0.3 is 0 Å². The molecule has 0 radical (unpaired) electrons. The van der Waals surface area contributed by atoms with Crippen molar-refractivity contribution in [3.8, 4) is 0 Å². The number of amides is 4. The zero-order valence-corrected chi connectivity index (χ0v) is 22.3. The number of rotatable bonds is 9. The van der Waals surface area contributed by atoms with Gasteiger partial charge in [0, 0.05) is 69.1 Å². The third-order valence-electron chi connectivity index (χ3n) is 6.95. The fourth-order valence-electron chi connectivity index (χ4n) is 4.79. The van der Waals surface area contributed by atoms with Gasteiger partial charge in [-0.1, -0.05) is 18.2 Å². The van der Waals surface area contributed by atoms with Crippen LogP contribution >= 0.6 is 0 Å². The molecule has 1 aliphatic rings. The zero-order valence-electron chi connectivity index (χ0n) is 22.3.